The van der Waals surface area contributed by atoms with E-state index in [2.05, 4.69) is 47.5 Å². The molecular weight excluding hydrogens is 260 g/mol. The molecule has 0 aliphatic heterocycles. The van der Waals surface area contributed by atoms with Gasteiger partial charge < -0.3 is 15.3 Å². The van der Waals surface area contributed by atoms with Crippen molar-refractivity contribution in [1.82, 2.24) is 10.2 Å². The second-order valence-electron chi connectivity index (χ2n) is 6.01. The van der Waals surface area contributed by atoms with Crippen LogP contribution in [0.5, 0.6) is 0 Å². The monoisotopic (exact) mass is 290 g/mol. The van der Waals surface area contributed by atoms with E-state index in [9.17, 15) is 0 Å². The molecule has 3 heteroatoms. The van der Waals surface area contributed by atoms with E-state index in [0.29, 0.717) is 12.6 Å². The van der Waals surface area contributed by atoms with Crippen LogP contribution in [-0.4, -0.2) is 42.3 Å². The second-order valence-corrected chi connectivity index (χ2v) is 6.01. The molecule has 1 saturated carbocycles. The number of aliphatic hydroxyl groups excluding tert-OH is 1. The van der Waals surface area contributed by atoms with Crippen molar-refractivity contribution in [1.29, 1.82) is 0 Å². The predicted molar refractivity (Wildman–Crippen MR) is 88.4 cm³/mol. The molecule has 0 amide bonds. The number of aliphatic hydroxyl groups is 1. The fraction of sp³-hybridized carbons (Fsp3) is 0.667. The molecule has 2 rings (SSSR count). The molecule has 1 unspecified atom stereocenters. The van der Waals surface area contributed by atoms with E-state index < -0.39 is 0 Å². The highest BCUT2D eigenvalue weighted by Gasteiger charge is 2.25. The maximum absolute atomic E-state index is 9.09. The van der Waals surface area contributed by atoms with Gasteiger partial charge in [0.15, 0.2) is 0 Å². The Morgan fingerprint density at radius 3 is 2.57 bits per heavy atom. The summed E-state index contributed by atoms with van der Waals surface area (Å²) in [5.74, 6) is 0. The van der Waals surface area contributed by atoms with Crippen molar-refractivity contribution >= 4 is 0 Å². The van der Waals surface area contributed by atoms with Gasteiger partial charge in [0.25, 0.3) is 0 Å². The molecule has 1 fully saturated rings. The summed E-state index contributed by atoms with van der Waals surface area (Å²) in [5.41, 5.74) is 1.38. The number of rotatable bonds is 10. The zero-order valence-electron chi connectivity index (χ0n) is 13.3. The van der Waals surface area contributed by atoms with Crippen LogP contribution >= 0.6 is 0 Å². The predicted octanol–water partition coefficient (Wildman–Crippen LogP) is 2.96. The Bertz CT molecular complexity index is 378. The molecule has 0 saturated heterocycles. The average Bonchev–Trinajstić information content (AvgIpc) is 2.47. The Labute approximate surface area is 129 Å². The first-order chi connectivity index (χ1) is 10.3. The number of nitrogens with zero attached hydrogens (tertiary/aromatic N) is 1. The molecule has 1 aromatic rings. The SMILES string of the molecule is CCNC(CCN(CCCO)C1CCC1)c1ccccc1. The van der Waals surface area contributed by atoms with Crippen LogP contribution in [-0.2, 0) is 0 Å². The van der Waals surface area contributed by atoms with Crippen molar-refractivity contribution in [3.8, 4) is 0 Å². The zero-order valence-corrected chi connectivity index (χ0v) is 13.3. The minimum absolute atomic E-state index is 0.304. The van der Waals surface area contributed by atoms with Crippen LogP contribution in [0.1, 0.15) is 50.6 Å². The van der Waals surface area contributed by atoms with Gasteiger partial charge in [-0.1, -0.05) is 43.7 Å². The molecule has 1 aliphatic rings. The van der Waals surface area contributed by atoms with Gasteiger partial charge in [-0.25, -0.2) is 0 Å². The van der Waals surface area contributed by atoms with Crippen LogP contribution in [0.15, 0.2) is 30.3 Å². The molecule has 21 heavy (non-hydrogen) atoms. The highest BCUT2D eigenvalue weighted by molar-refractivity contribution is 5.18. The molecule has 118 valence electrons. The first-order valence-corrected chi connectivity index (χ1v) is 8.48. The highest BCUT2D eigenvalue weighted by Crippen LogP contribution is 2.26. The molecule has 0 spiro atoms. The standard InChI is InChI=1S/C18H30N2O/c1-2-19-18(16-8-4-3-5-9-16)12-14-20(13-7-15-21)17-10-6-11-17/h3-5,8-9,17-19,21H,2,6-7,10-15H2,1H3. The van der Waals surface area contributed by atoms with Crippen molar-refractivity contribution in [3.05, 3.63) is 35.9 Å². The van der Waals surface area contributed by atoms with Gasteiger partial charge in [-0.3, -0.25) is 0 Å². The summed E-state index contributed by atoms with van der Waals surface area (Å²) in [6.07, 6.45) is 6.08. The normalized spacial score (nSPS) is 16.9. The molecule has 3 nitrogen and oxygen atoms in total. The van der Waals surface area contributed by atoms with Gasteiger partial charge in [-0.2, -0.15) is 0 Å². The van der Waals surface area contributed by atoms with Crippen molar-refractivity contribution in [3.63, 3.8) is 0 Å². The van der Waals surface area contributed by atoms with E-state index in [-0.39, 0.29) is 0 Å². The van der Waals surface area contributed by atoms with E-state index >= 15 is 0 Å². The molecule has 0 aromatic heterocycles. The van der Waals surface area contributed by atoms with E-state index in [4.69, 9.17) is 5.11 Å². The number of nitrogens with one attached hydrogen (secondary N) is 1. The third-order valence-corrected chi connectivity index (χ3v) is 4.55. The van der Waals surface area contributed by atoms with Gasteiger partial charge >= 0.3 is 0 Å². The Balaban J connectivity index is 1.89. The third-order valence-electron chi connectivity index (χ3n) is 4.55. The lowest BCUT2D eigenvalue weighted by Crippen LogP contribution is -2.42. The van der Waals surface area contributed by atoms with Crippen LogP contribution in [0.25, 0.3) is 0 Å². The minimum Gasteiger partial charge on any atom is -0.396 e. The molecule has 0 heterocycles. The maximum atomic E-state index is 9.09. The smallest absolute Gasteiger partial charge is 0.0443 e. The quantitative estimate of drug-likeness (QED) is 0.695. The first kappa shape index (κ1) is 16.5. The maximum Gasteiger partial charge on any atom is 0.0443 e. The minimum atomic E-state index is 0.304. The van der Waals surface area contributed by atoms with Crippen LogP contribution in [0.2, 0.25) is 0 Å². The fourth-order valence-corrected chi connectivity index (χ4v) is 3.12. The molecule has 2 N–H and O–H groups in total. The van der Waals surface area contributed by atoms with Gasteiger partial charge in [0.2, 0.25) is 0 Å². The lowest BCUT2D eigenvalue weighted by Gasteiger charge is -2.38. The summed E-state index contributed by atoms with van der Waals surface area (Å²) >= 11 is 0. The average molecular weight is 290 g/mol. The zero-order chi connectivity index (χ0) is 14.9. The van der Waals surface area contributed by atoms with Gasteiger partial charge in [0.05, 0.1) is 0 Å². The Kier molecular flexibility index (Phi) is 7.20. The van der Waals surface area contributed by atoms with E-state index in [0.717, 1.165) is 38.5 Å². The Morgan fingerprint density at radius 2 is 2.00 bits per heavy atom. The van der Waals surface area contributed by atoms with Crippen molar-refractivity contribution in [2.75, 3.05) is 26.2 Å². The molecule has 1 aliphatic carbocycles. The molecule has 1 atom stereocenters. The largest absolute Gasteiger partial charge is 0.396 e. The van der Waals surface area contributed by atoms with E-state index in [1.54, 1.807) is 0 Å². The molecule has 1 aromatic carbocycles. The molecular formula is C18H30N2O. The first-order valence-electron chi connectivity index (χ1n) is 8.48. The van der Waals surface area contributed by atoms with Crippen molar-refractivity contribution in [2.24, 2.45) is 0 Å². The van der Waals surface area contributed by atoms with Crippen LogP contribution in [0.4, 0.5) is 0 Å². The van der Waals surface area contributed by atoms with E-state index in [1.165, 1.54) is 24.8 Å². The van der Waals surface area contributed by atoms with Crippen molar-refractivity contribution in [2.45, 2.75) is 51.1 Å². The topological polar surface area (TPSA) is 35.5 Å². The Morgan fingerprint density at radius 1 is 1.24 bits per heavy atom. The Hall–Kier alpha value is -0.900. The summed E-state index contributed by atoms with van der Waals surface area (Å²) in [5, 5.41) is 12.7. The van der Waals surface area contributed by atoms with Gasteiger partial charge in [0.1, 0.15) is 0 Å². The number of benzene rings is 1. The van der Waals surface area contributed by atoms with E-state index in [1.807, 2.05) is 0 Å². The van der Waals surface area contributed by atoms with Gasteiger partial charge in [-0.15, -0.1) is 0 Å². The highest BCUT2D eigenvalue weighted by atomic mass is 16.3. The number of hydrogen-bond donors (Lipinski definition) is 2. The third kappa shape index (κ3) is 5.10. The van der Waals surface area contributed by atoms with Gasteiger partial charge in [0, 0.05) is 31.8 Å². The van der Waals surface area contributed by atoms with Crippen LogP contribution in [0.3, 0.4) is 0 Å². The fourth-order valence-electron chi connectivity index (χ4n) is 3.12. The summed E-state index contributed by atoms with van der Waals surface area (Å²) in [4.78, 5) is 2.59. The van der Waals surface area contributed by atoms with Gasteiger partial charge in [-0.05, 0) is 37.8 Å². The second kappa shape index (κ2) is 9.19. The van der Waals surface area contributed by atoms with Crippen LogP contribution < -0.4 is 5.32 Å². The summed E-state index contributed by atoms with van der Waals surface area (Å²) in [7, 11) is 0. The van der Waals surface area contributed by atoms with Crippen LogP contribution in [0, 0.1) is 0 Å². The molecule has 0 radical (unpaired) electrons. The summed E-state index contributed by atoms with van der Waals surface area (Å²) in [6, 6.07) is 11.9. The van der Waals surface area contributed by atoms with Crippen molar-refractivity contribution < 1.29 is 5.11 Å². The summed E-state index contributed by atoms with van der Waals surface area (Å²) < 4.78 is 0. The number of hydrogen-bond acceptors (Lipinski definition) is 3. The lowest BCUT2D eigenvalue weighted by molar-refractivity contribution is 0.111. The molecule has 0 bridgehead atoms. The summed E-state index contributed by atoms with van der Waals surface area (Å²) in [6.45, 7) is 5.63. The lowest BCUT2D eigenvalue weighted by atomic mass is 9.90.